The molecule has 1 aliphatic rings. The molecule has 0 saturated heterocycles. The normalized spacial score (nSPS) is 14.3. The summed E-state index contributed by atoms with van der Waals surface area (Å²) in [6.07, 6.45) is 3.30. The molecule has 2 N–H and O–H groups in total. The van der Waals surface area contributed by atoms with Crippen molar-refractivity contribution < 1.29 is 14.1 Å². The monoisotopic (exact) mass is 406 g/mol. The summed E-state index contributed by atoms with van der Waals surface area (Å²) >= 11 is 0. The topological polar surface area (TPSA) is 113 Å². The van der Waals surface area contributed by atoms with Crippen molar-refractivity contribution in [1.29, 1.82) is 0 Å². The van der Waals surface area contributed by atoms with E-state index in [0.717, 1.165) is 11.3 Å². The highest BCUT2D eigenvalue weighted by Crippen LogP contribution is 2.30. The van der Waals surface area contributed by atoms with E-state index in [1.54, 1.807) is 36.7 Å². The molecule has 0 aliphatic carbocycles. The molecule has 0 spiro atoms. The second kappa shape index (κ2) is 7.94. The van der Waals surface area contributed by atoms with Crippen LogP contribution in [0.4, 0.5) is 11.4 Å². The van der Waals surface area contributed by atoms with Gasteiger partial charge in [0.2, 0.25) is 17.6 Å². The van der Waals surface area contributed by atoms with Crippen molar-refractivity contribution in [3.8, 4) is 11.4 Å². The second-order valence-corrected chi connectivity index (χ2v) is 7.52. The molecule has 9 nitrogen and oxygen atoms in total. The third-order valence-electron chi connectivity index (χ3n) is 4.92. The van der Waals surface area contributed by atoms with Crippen molar-refractivity contribution in [2.75, 3.05) is 23.8 Å². The summed E-state index contributed by atoms with van der Waals surface area (Å²) < 4.78 is 5.44. The molecule has 0 fully saturated rings. The number of fused-ring (bicyclic) bond motifs is 1. The number of carbonyl (C=O) groups excluding carboxylic acids is 2. The van der Waals surface area contributed by atoms with Gasteiger partial charge in [0.15, 0.2) is 0 Å². The van der Waals surface area contributed by atoms with Gasteiger partial charge in [-0.3, -0.25) is 14.6 Å². The number of nitrogens with one attached hydrogen (secondary N) is 2. The van der Waals surface area contributed by atoms with Gasteiger partial charge in [0, 0.05) is 30.6 Å². The number of benzene rings is 1. The average molecular weight is 406 g/mol. The SMILES string of the molecule is CC(C)C(NC(=O)c1ccc2c(c1)NC(=O)CN2C)c1nc(-c2ccncc2)no1. The molecule has 0 saturated carbocycles. The number of carbonyl (C=O) groups is 2. The Bertz CT molecular complexity index is 1080. The van der Waals surface area contributed by atoms with Crippen molar-refractivity contribution in [3.05, 3.63) is 54.2 Å². The fraction of sp³-hybridized carbons (Fsp3) is 0.286. The predicted octanol–water partition coefficient (Wildman–Crippen LogP) is 2.65. The number of anilines is 2. The van der Waals surface area contributed by atoms with Crippen LogP contribution in [0.3, 0.4) is 0 Å². The Morgan fingerprint density at radius 3 is 2.73 bits per heavy atom. The Balaban J connectivity index is 1.56. The number of amides is 2. The fourth-order valence-corrected chi connectivity index (χ4v) is 3.32. The van der Waals surface area contributed by atoms with Gasteiger partial charge in [0.05, 0.1) is 17.9 Å². The molecule has 9 heteroatoms. The average Bonchev–Trinajstić information content (AvgIpc) is 3.21. The van der Waals surface area contributed by atoms with Crippen LogP contribution in [0.1, 0.15) is 36.1 Å². The minimum atomic E-state index is -0.464. The molecule has 4 rings (SSSR count). The van der Waals surface area contributed by atoms with E-state index in [2.05, 4.69) is 25.8 Å². The highest BCUT2D eigenvalue weighted by molar-refractivity contribution is 6.04. The van der Waals surface area contributed by atoms with Gasteiger partial charge in [0.1, 0.15) is 6.04 Å². The highest BCUT2D eigenvalue weighted by Gasteiger charge is 2.26. The van der Waals surface area contributed by atoms with Crippen LogP contribution in [0.2, 0.25) is 0 Å². The maximum atomic E-state index is 12.9. The fourth-order valence-electron chi connectivity index (χ4n) is 3.32. The van der Waals surface area contributed by atoms with E-state index in [4.69, 9.17) is 4.52 Å². The molecule has 2 amide bonds. The largest absolute Gasteiger partial charge is 0.364 e. The molecule has 3 aromatic rings. The maximum absolute atomic E-state index is 12.9. The minimum Gasteiger partial charge on any atom is -0.364 e. The molecule has 154 valence electrons. The number of hydrogen-bond acceptors (Lipinski definition) is 7. The second-order valence-electron chi connectivity index (χ2n) is 7.52. The van der Waals surface area contributed by atoms with E-state index < -0.39 is 6.04 Å². The van der Waals surface area contributed by atoms with Crippen LogP contribution in [0.5, 0.6) is 0 Å². The lowest BCUT2D eigenvalue weighted by molar-refractivity contribution is -0.115. The van der Waals surface area contributed by atoms with E-state index in [0.29, 0.717) is 23.0 Å². The quantitative estimate of drug-likeness (QED) is 0.670. The molecule has 3 heterocycles. The van der Waals surface area contributed by atoms with Crippen molar-refractivity contribution in [3.63, 3.8) is 0 Å². The Morgan fingerprint density at radius 1 is 1.23 bits per heavy atom. The Labute approximate surface area is 173 Å². The molecule has 1 unspecified atom stereocenters. The number of nitrogens with zero attached hydrogens (tertiary/aromatic N) is 4. The first-order valence-electron chi connectivity index (χ1n) is 9.62. The van der Waals surface area contributed by atoms with Gasteiger partial charge < -0.3 is 20.1 Å². The summed E-state index contributed by atoms with van der Waals surface area (Å²) in [6.45, 7) is 4.21. The number of aromatic nitrogens is 3. The van der Waals surface area contributed by atoms with Gasteiger partial charge in [-0.2, -0.15) is 4.98 Å². The molecular formula is C21H22N6O3. The summed E-state index contributed by atoms with van der Waals surface area (Å²) in [5.41, 5.74) is 2.69. The van der Waals surface area contributed by atoms with Gasteiger partial charge in [-0.1, -0.05) is 19.0 Å². The first kappa shape index (κ1) is 19.6. The molecule has 30 heavy (non-hydrogen) atoms. The first-order chi connectivity index (χ1) is 14.4. The van der Waals surface area contributed by atoms with Crippen LogP contribution in [0.15, 0.2) is 47.2 Å². The summed E-state index contributed by atoms with van der Waals surface area (Å²) in [6, 6.07) is 8.34. The summed E-state index contributed by atoms with van der Waals surface area (Å²) in [5.74, 6) is 0.380. The van der Waals surface area contributed by atoms with E-state index in [9.17, 15) is 9.59 Å². The van der Waals surface area contributed by atoms with Gasteiger partial charge in [-0.25, -0.2) is 0 Å². The number of likely N-dealkylation sites (N-methyl/N-ethyl adjacent to an activating group) is 1. The Morgan fingerprint density at radius 2 is 2.00 bits per heavy atom. The Hall–Kier alpha value is -3.75. The zero-order valence-corrected chi connectivity index (χ0v) is 16.9. The van der Waals surface area contributed by atoms with E-state index in [1.165, 1.54) is 0 Å². The lowest BCUT2D eigenvalue weighted by Crippen LogP contribution is -2.36. The number of hydrogen-bond donors (Lipinski definition) is 2. The smallest absolute Gasteiger partial charge is 0.252 e. The standard InChI is InChI=1S/C21H22N6O3/c1-12(2)18(21-25-19(26-30-21)13-6-8-22-9-7-13)24-20(29)14-4-5-16-15(10-14)23-17(28)11-27(16)3/h4-10,12,18H,11H2,1-3H3,(H,23,28)(H,24,29). The molecule has 0 bridgehead atoms. The zero-order valence-electron chi connectivity index (χ0n) is 16.9. The van der Waals surface area contributed by atoms with Crippen LogP contribution >= 0.6 is 0 Å². The minimum absolute atomic E-state index is 0.0168. The lowest BCUT2D eigenvalue weighted by Gasteiger charge is -2.27. The van der Waals surface area contributed by atoms with E-state index in [-0.39, 0.29) is 24.3 Å². The molecule has 2 aromatic heterocycles. The Kier molecular flexibility index (Phi) is 5.18. The summed E-state index contributed by atoms with van der Waals surface area (Å²) in [4.78, 5) is 35.0. The van der Waals surface area contributed by atoms with Gasteiger partial charge >= 0.3 is 0 Å². The third kappa shape index (κ3) is 3.86. The number of pyridine rings is 1. The van der Waals surface area contributed by atoms with E-state index >= 15 is 0 Å². The van der Waals surface area contributed by atoms with Crippen LogP contribution < -0.4 is 15.5 Å². The van der Waals surface area contributed by atoms with Crippen LogP contribution in [0, 0.1) is 5.92 Å². The van der Waals surface area contributed by atoms with Crippen LogP contribution in [-0.4, -0.2) is 40.5 Å². The zero-order chi connectivity index (χ0) is 21.3. The molecule has 1 atom stereocenters. The van der Waals surface area contributed by atoms with Gasteiger partial charge in [0.25, 0.3) is 5.91 Å². The van der Waals surface area contributed by atoms with Gasteiger partial charge in [-0.05, 0) is 36.2 Å². The summed E-state index contributed by atoms with van der Waals surface area (Å²) in [7, 11) is 1.84. The first-order valence-corrected chi connectivity index (χ1v) is 9.62. The third-order valence-corrected chi connectivity index (χ3v) is 4.92. The van der Waals surface area contributed by atoms with Crippen molar-refractivity contribution in [2.24, 2.45) is 5.92 Å². The molecule has 1 aromatic carbocycles. The lowest BCUT2D eigenvalue weighted by atomic mass is 10.0. The molecular weight excluding hydrogens is 384 g/mol. The highest BCUT2D eigenvalue weighted by atomic mass is 16.5. The van der Waals surface area contributed by atoms with E-state index in [1.807, 2.05) is 31.9 Å². The number of rotatable bonds is 5. The molecule has 0 radical (unpaired) electrons. The maximum Gasteiger partial charge on any atom is 0.252 e. The predicted molar refractivity (Wildman–Crippen MR) is 111 cm³/mol. The van der Waals surface area contributed by atoms with Crippen LogP contribution in [0.25, 0.3) is 11.4 Å². The van der Waals surface area contributed by atoms with Crippen molar-refractivity contribution in [2.45, 2.75) is 19.9 Å². The molecule has 1 aliphatic heterocycles. The van der Waals surface area contributed by atoms with Crippen molar-refractivity contribution in [1.82, 2.24) is 20.4 Å². The van der Waals surface area contributed by atoms with Crippen molar-refractivity contribution >= 4 is 23.2 Å². The van der Waals surface area contributed by atoms with Crippen LogP contribution in [-0.2, 0) is 4.79 Å². The van der Waals surface area contributed by atoms with Gasteiger partial charge in [-0.15, -0.1) is 0 Å². The summed E-state index contributed by atoms with van der Waals surface area (Å²) in [5, 5.41) is 9.80.